The van der Waals surface area contributed by atoms with Crippen molar-refractivity contribution < 1.29 is 22.0 Å². The maximum absolute atomic E-state index is 13.1. The van der Waals surface area contributed by atoms with Crippen molar-refractivity contribution in [3.8, 4) is 0 Å². The van der Waals surface area contributed by atoms with Gasteiger partial charge in [0.25, 0.3) is 0 Å². The molecule has 2 N–H and O–H groups in total. The maximum Gasteiger partial charge on any atom is 0.228 e. The van der Waals surface area contributed by atoms with Gasteiger partial charge in [0, 0.05) is 13.0 Å². The number of furan rings is 1. The van der Waals surface area contributed by atoms with Crippen LogP contribution in [0.2, 0.25) is 0 Å². The van der Waals surface area contributed by atoms with E-state index in [1.165, 1.54) is 37.6 Å². The average Bonchev–Trinajstić information content (AvgIpc) is 3.06. The number of hydrogen-bond acceptors (Lipinski definition) is 4. The fraction of sp³-hybridized carbons (Fsp3) is 0.312. The predicted molar refractivity (Wildman–Crippen MR) is 87.4 cm³/mol. The van der Waals surface area contributed by atoms with Gasteiger partial charge < -0.3 is 9.73 Å². The van der Waals surface area contributed by atoms with Crippen LogP contribution in [0.3, 0.4) is 0 Å². The molecule has 0 aliphatic rings. The van der Waals surface area contributed by atoms with E-state index in [0.29, 0.717) is 17.7 Å². The zero-order valence-electron chi connectivity index (χ0n) is 13.2. The SMILES string of the molecule is CNS(=O)(=O)CCNC(=O)C(Cc1ccco1)c1ccc(F)cc1. The second-order valence-electron chi connectivity index (χ2n) is 5.20. The molecule has 0 spiro atoms. The molecule has 24 heavy (non-hydrogen) atoms. The lowest BCUT2D eigenvalue weighted by molar-refractivity contribution is -0.122. The van der Waals surface area contributed by atoms with Crippen LogP contribution in [0.1, 0.15) is 17.2 Å². The predicted octanol–water partition coefficient (Wildman–Crippen LogP) is 1.41. The summed E-state index contributed by atoms with van der Waals surface area (Å²) in [5.74, 6) is -0.941. The first kappa shape index (κ1) is 18.2. The summed E-state index contributed by atoms with van der Waals surface area (Å²) in [6, 6.07) is 9.09. The molecule has 0 aliphatic heterocycles. The molecule has 0 fully saturated rings. The molecule has 6 nitrogen and oxygen atoms in total. The molecule has 0 bridgehead atoms. The van der Waals surface area contributed by atoms with Gasteiger partial charge in [0.1, 0.15) is 11.6 Å². The minimum absolute atomic E-state index is 0.0160. The van der Waals surface area contributed by atoms with Crippen LogP contribution >= 0.6 is 0 Å². The van der Waals surface area contributed by atoms with Crippen LogP contribution in [-0.4, -0.2) is 33.7 Å². The van der Waals surface area contributed by atoms with E-state index >= 15 is 0 Å². The number of nitrogens with one attached hydrogen (secondary N) is 2. The summed E-state index contributed by atoms with van der Waals surface area (Å²) in [5.41, 5.74) is 0.627. The summed E-state index contributed by atoms with van der Waals surface area (Å²) in [6.07, 6.45) is 1.80. The molecule has 1 unspecified atom stereocenters. The highest BCUT2D eigenvalue weighted by Gasteiger charge is 2.22. The van der Waals surface area contributed by atoms with Gasteiger partial charge in [-0.05, 0) is 36.9 Å². The van der Waals surface area contributed by atoms with Crippen LogP contribution in [0.15, 0.2) is 47.1 Å². The second kappa shape index (κ2) is 8.07. The van der Waals surface area contributed by atoms with Crippen molar-refractivity contribution in [3.63, 3.8) is 0 Å². The average molecular weight is 354 g/mol. The van der Waals surface area contributed by atoms with E-state index in [9.17, 15) is 17.6 Å². The number of hydrogen-bond donors (Lipinski definition) is 2. The highest BCUT2D eigenvalue weighted by Crippen LogP contribution is 2.22. The van der Waals surface area contributed by atoms with E-state index in [-0.39, 0.29) is 18.2 Å². The van der Waals surface area contributed by atoms with E-state index < -0.39 is 21.8 Å². The molecule has 1 heterocycles. The van der Waals surface area contributed by atoms with Gasteiger partial charge in [0.15, 0.2) is 0 Å². The van der Waals surface area contributed by atoms with Gasteiger partial charge in [-0.15, -0.1) is 0 Å². The molecule has 0 radical (unpaired) electrons. The summed E-state index contributed by atoms with van der Waals surface area (Å²) in [7, 11) is -2.08. The summed E-state index contributed by atoms with van der Waals surface area (Å²) in [4.78, 5) is 12.5. The molecule has 2 rings (SSSR count). The molecule has 1 aromatic heterocycles. The Morgan fingerprint density at radius 1 is 1.25 bits per heavy atom. The highest BCUT2D eigenvalue weighted by molar-refractivity contribution is 7.89. The summed E-state index contributed by atoms with van der Waals surface area (Å²) < 4.78 is 43.4. The first-order valence-electron chi connectivity index (χ1n) is 7.38. The Hall–Kier alpha value is -2.19. The minimum atomic E-state index is -3.39. The Morgan fingerprint density at radius 2 is 1.96 bits per heavy atom. The molecule has 0 saturated heterocycles. The van der Waals surface area contributed by atoms with Gasteiger partial charge >= 0.3 is 0 Å². The van der Waals surface area contributed by atoms with Crippen molar-refractivity contribution in [3.05, 3.63) is 59.8 Å². The zero-order chi connectivity index (χ0) is 17.6. The summed E-state index contributed by atoms with van der Waals surface area (Å²) in [5, 5.41) is 2.61. The van der Waals surface area contributed by atoms with Gasteiger partial charge in [-0.3, -0.25) is 4.79 Å². The van der Waals surface area contributed by atoms with Crippen molar-refractivity contribution in [2.45, 2.75) is 12.3 Å². The van der Waals surface area contributed by atoms with Gasteiger partial charge in [-0.2, -0.15) is 0 Å². The van der Waals surface area contributed by atoms with Crippen LogP contribution in [0.4, 0.5) is 4.39 Å². The molecular weight excluding hydrogens is 335 g/mol. The first-order valence-corrected chi connectivity index (χ1v) is 9.03. The van der Waals surface area contributed by atoms with Crippen LogP contribution in [0, 0.1) is 5.82 Å². The van der Waals surface area contributed by atoms with Gasteiger partial charge in [0.05, 0.1) is 17.9 Å². The van der Waals surface area contributed by atoms with Crippen molar-refractivity contribution in [1.82, 2.24) is 10.0 Å². The Morgan fingerprint density at radius 3 is 2.54 bits per heavy atom. The number of halogens is 1. The molecule has 2 aromatic rings. The Labute approximate surface area is 140 Å². The van der Waals surface area contributed by atoms with Gasteiger partial charge in [-0.25, -0.2) is 17.5 Å². The quantitative estimate of drug-likeness (QED) is 0.750. The van der Waals surface area contributed by atoms with E-state index in [4.69, 9.17) is 4.42 Å². The third-order valence-electron chi connectivity index (χ3n) is 3.56. The molecule has 8 heteroatoms. The molecule has 1 atom stereocenters. The van der Waals surface area contributed by atoms with Crippen LogP contribution < -0.4 is 10.0 Å². The standard InChI is InChI=1S/C16H19FN2O4S/c1-18-24(21,22)10-8-19-16(20)15(11-14-3-2-9-23-14)12-4-6-13(17)7-5-12/h2-7,9,15,18H,8,10-11H2,1H3,(H,19,20). The lowest BCUT2D eigenvalue weighted by Gasteiger charge is -2.16. The normalized spacial score (nSPS) is 12.8. The molecule has 1 aromatic carbocycles. The second-order valence-corrected chi connectivity index (χ2v) is 7.25. The number of carbonyl (C=O) groups is 1. The molecule has 0 saturated carbocycles. The lowest BCUT2D eigenvalue weighted by Crippen LogP contribution is -2.36. The van der Waals surface area contributed by atoms with E-state index in [1.54, 1.807) is 12.1 Å². The number of benzene rings is 1. The number of sulfonamides is 1. The molecular formula is C16H19FN2O4S. The number of rotatable bonds is 8. The lowest BCUT2D eigenvalue weighted by atomic mass is 9.93. The molecule has 0 aliphatic carbocycles. The first-order chi connectivity index (χ1) is 11.4. The van der Waals surface area contributed by atoms with Crippen molar-refractivity contribution in [2.75, 3.05) is 19.3 Å². The van der Waals surface area contributed by atoms with E-state index in [2.05, 4.69) is 10.0 Å². The number of amides is 1. The third kappa shape index (κ3) is 5.17. The Bertz CT molecular complexity index is 758. The van der Waals surface area contributed by atoms with Crippen LogP contribution in [0.5, 0.6) is 0 Å². The molecule has 1 amide bonds. The van der Waals surface area contributed by atoms with Gasteiger partial charge in [-0.1, -0.05) is 12.1 Å². The summed E-state index contributed by atoms with van der Waals surface area (Å²) >= 11 is 0. The van der Waals surface area contributed by atoms with E-state index in [0.717, 1.165) is 0 Å². The van der Waals surface area contributed by atoms with E-state index in [1.807, 2.05) is 0 Å². The third-order valence-corrected chi connectivity index (χ3v) is 4.92. The van der Waals surface area contributed by atoms with Crippen molar-refractivity contribution >= 4 is 15.9 Å². The maximum atomic E-state index is 13.1. The summed E-state index contributed by atoms with van der Waals surface area (Å²) in [6.45, 7) is -0.0160. The number of carbonyl (C=O) groups excluding carboxylic acids is 1. The topological polar surface area (TPSA) is 88.4 Å². The van der Waals surface area contributed by atoms with Gasteiger partial charge in [0.2, 0.25) is 15.9 Å². The molecule has 130 valence electrons. The largest absolute Gasteiger partial charge is 0.469 e. The smallest absolute Gasteiger partial charge is 0.228 e. The minimum Gasteiger partial charge on any atom is -0.469 e. The highest BCUT2D eigenvalue weighted by atomic mass is 32.2. The Kier molecular flexibility index (Phi) is 6.10. The zero-order valence-corrected chi connectivity index (χ0v) is 14.0. The van der Waals surface area contributed by atoms with Crippen LogP contribution in [-0.2, 0) is 21.2 Å². The van der Waals surface area contributed by atoms with Crippen molar-refractivity contribution in [1.29, 1.82) is 0 Å². The Balaban J connectivity index is 2.09. The van der Waals surface area contributed by atoms with Crippen LogP contribution in [0.25, 0.3) is 0 Å². The monoisotopic (exact) mass is 354 g/mol. The fourth-order valence-corrected chi connectivity index (χ4v) is 2.80. The van der Waals surface area contributed by atoms with Crippen molar-refractivity contribution in [2.24, 2.45) is 0 Å². The fourth-order valence-electron chi connectivity index (χ4n) is 2.22.